The van der Waals surface area contributed by atoms with Gasteiger partial charge >= 0.3 is 0 Å². The fraction of sp³-hybridized carbons (Fsp3) is 0.0909. The number of nitrogens with zero attached hydrogens (tertiary/aromatic N) is 2. The molecule has 7 heteroatoms. The van der Waals surface area contributed by atoms with Crippen LogP contribution in [0.2, 0.25) is 15.3 Å². The molecule has 0 saturated carbocycles. The van der Waals surface area contributed by atoms with Crippen LogP contribution in [0, 0.1) is 6.92 Å². The molecule has 1 aromatic heterocycles. The molecule has 1 aromatic carbocycles. The monoisotopic (exact) mass is 365 g/mol. The van der Waals surface area contributed by atoms with E-state index in [0.717, 1.165) is 5.56 Å². The topological polar surface area (TPSA) is 37.8 Å². The van der Waals surface area contributed by atoms with Gasteiger partial charge in [-0.15, -0.1) is 0 Å². The largest absolute Gasteiger partial charge is 0.338 e. The van der Waals surface area contributed by atoms with Gasteiger partial charge in [-0.25, -0.2) is 4.98 Å². The Morgan fingerprint density at radius 2 is 1.89 bits per heavy atom. The summed E-state index contributed by atoms with van der Waals surface area (Å²) in [6.07, 6.45) is 1.56. The molecule has 0 aliphatic carbocycles. The van der Waals surface area contributed by atoms with E-state index in [0.29, 0.717) is 26.0 Å². The maximum atomic E-state index is 6.13. The number of anilines is 2. The molecule has 0 amide bonds. The Morgan fingerprint density at radius 3 is 2.61 bits per heavy atom. The molecule has 1 N–H and O–H groups in total. The van der Waals surface area contributed by atoms with E-state index in [4.69, 9.17) is 34.8 Å². The lowest BCUT2D eigenvalue weighted by Gasteiger charge is -2.10. The predicted octanol–water partition coefficient (Wildman–Crippen LogP) is 5.25. The highest BCUT2D eigenvalue weighted by molar-refractivity contribution is 9.10. The molecule has 94 valence electrons. The van der Waals surface area contributed by atoms with Gasteiger partial charge < -0.3 is 5.32 Å². The van der Waals surface area contributed by atoms with Gasteiger partial charge in [0, 0.05) is 11.2 Å². The Morgan fingerprint density at radius 1 is 1.17 bits per heavy atom. The normalized spacial score (nSPS) is 10.5. The molecule has 0 unspecified atom stereocenters. The lowest BCUT2D eigenvalue weighted by Crippen LogP contribution is -1.97. The highest BCUT2D eigenvalue weighted by Crippen LogP contribution is 2.32. The summed E-state index contributed by atoms with van der Waals surface area (Å²) in [6, 6.07) is 3.52. The van der Waals surface area contributed by atoms with Crippen molar-refractivity contribution in [2.24, 2.45) is 0 Å². The van der Waals surface area contributed by atoms with Crippen LogP contribution in [0.15, 0.2) is 22.8 Å². The van der Waals surface area contributed by atoms with Crippen molar-refractivity contribution in [2.45, 2.75) is 6.92 Å². The number of aromatic nitrogens is 2. The Kier molecular flexibility index (Phi) is 4.33. The number of aryl methyl sites for hydroxylation is 1. The molecule has 18 heavy (non-hydrogen) atoms. The van der Waals surface area contributed by atoms with E-state index in [9.17, 15) is 0 Å². The smallest absolute Gasteiger partial charge is 0.224 e. The zero-order valence-corrected chi connectivity index (χ0v) is 13.0. The third-order valence-electron chi connectivity index (χ3n) is 2.22. The maximum absolute atomic E-state index is 6.13. The highest BCUT2D eigenvalue weighted by Gasteiger charge is 2.09. The Labute approximate surface area is 128 Å². The van der Waals surface area contributed by atoms with E-state index < -0.39 is 0 Å². The van der Waals surface area contributed by atoms with Crippen LogP contribution in [-0.4, -0.2) is 9.97 Å². The van der Waals surface area contributed by atoms with Crippen LogP contribution in [0.4, 0.5) is 11.5 Å². The molecule has 0 radical (unpaired) electrons. The molecular weight excluding hydrogens is 360 g/mol. The highest BCUT2D eigenvalue weighted by atomic mass is 79.9. The Hall–Kier alpha value is -0.550. The second-order valence-electron chi connectivity index (χ2n) is 3.54. The molecule has 0 atom stereocenters. The molecule has 0 aliphatic rings. The molecule has 0 saturated heterocycles. The first-order valence-electron chi connectivity index (χ1n) is 4.88. The molecule has 0 spiro atoms. The van der Waals surface area contributed by atoms with Gasteiger partial charge in [-0.2, -0.15) is 4.98 Å². The van der Waals surface area contributed by atoms with Gasteiger partial charge in [0.25, 0.3) is 0 Å². The fourth-order valence-electron chi connectivity index (χ4n) is 1.30. The van der Waals surface area contributed by atoms with E-state index in [-0.39, 0.29) is 5.28 Å². The van der Waals surface area contributed by atoms with Crippen molar-refractivity contribution in [2.75, 3.05) is 5.32 Å². The summed E-state index contributed by atoms with van der Waals surface area (Å²) < 4.78 is 0.680. The first-order chi connectivity index (χ1) is 8.47. The zero-order chi connectivity index (χ0) is 13.3. The van der Waals surface area contributed by atoms with Crippen LogP contribution in [0.25, 0.3) is 0 Å². The summed E-state index contributed by atoms with van der Waals surface area (Å²) in [4.78, 5) is 7.90. The van der Waals surface area contributed by atoms with Crippen molar-refractivity contribution in [3.8, 4) is 0 Å². The number of nitrogens with one attached hydrogen (secondary N) is 1. The minimum atomic E-state index is 0.148. The van der Waals surface area contributed by atoms with Crippen molar-refractivity contribution in [3.05, 3.63) is 43.7 Å². The van der Waals surface area contributed by atoms with Gasteiger partial charge in [0.05, 0.1) is 15.2 Å². The molecule has 1 heterocycles. The van der Waals surface area contributed by atoms with Crippen LogP contribution < -0.4 is 5.32 Å². The average molecular weight is 367 g/mol. The lowest BCUT2D eigenvalue weighted by molar-refractivity contribution is 1.15. The lowest BCUT2D eigenvalue weighted by atomic mass is 10.2. The minimum Gasteiger partial charge on any atom is -0.338 e. The van der Waals surface area contributed by atoms with Crippen molar-refractivity contribution < 1.29 is 0 Å². The number of rotatable bonds is 2. The van der Waals surface area contributed by atoms with Crippen LogP contribution in [0.5, 0.6) is 0 Å². The molecule has 2 rings (SSSR count). The van der Waals surface area contributed by atoms with E-state index in [2.05, 4.69) is 31.2 Å². The quantitative estimate of drug-likeness (QED) is 0.737. The average Bonchev–Trinajstić information content (AvgIpc) is 2.30. The molecule has 0 bridgehead atoms. The Bertz CT molecular complexity index is 604. The van der Waals surface area contributed by atoms with Crippen molar-refractivity contribution >= 4 is 62.2 Å². The molecule has 3 nitrogen and oxygen atoms in total. The summed E-state index contributed by atoms with van der Waals surface area (Å²) in [5.74, 6) is 0.525. The summed E-state index contributed by atoms with van der Waals surface area (Å²) in [5.41, 5.74) is 1.56. The zero-order valence-electron chi connectivity index (χ0n) is 9.14. The van der Waals surface area contributed by atoms with E-state index in [1.807, 2.05) is 6.92 Å². The van der Waals surface area contributed by atoms with Gasteiger partial charge in [0.15, 0.2) is 0 Å². The molecule has 2 aromatic rings. The maximum Gasteiger partial charge on any atom is 0.224 e. The molecular formula is C11H7BrCl3N3. The summed E-state index contributed by atoms with van der Waals surface area (Å²) in [5, 5.41) is 4.38. The van der Waals surface area contributed by atoms with Crippen LogP contribution in [0.3, 0.4) is 0 Å². The van der Waals surface area contributed by atoms with Crippen molar-refractivity contribution in [3.63, 3.8) is 0 Å². The summed E-state index contributed by atoms with van der Waals surface area (Å²) in [6.45, 7) is 1.88. The fourth-order valence-corrected chi connectivity index (χ4v) is 2.16. The summed E-state index contributed by atoms with van der Waals surface area (Å²) in [7, 11) is 0. The number of halogens is 4. The molecule has 0 aliphatic heterocycles. The SMILES string of the molecule is Cc1cc(Cl)c(Nc2nc(Cl)ncc2Br)cc1Cl. The van der Waals surface area contributed by atoms with Gasteiger partial charge in [-0.05, 0) is 52.2 Å². The standard InChI is InChI=1S/C11H7BrCl3N3/c1-5-2-8(14)9(3-7(5)13)17-10-6(12)4-16-11(15)18-10/h2-4H,1H3,(H,16,17,18). The first kappa shape index (κ1) is 13.9. The summed E-state index contributed by atoms with van der Waals surface area (Å²) >= 11 is 21.2. The van der Waals surface area contributed by atoms with Gasteiger partial charge in [0.1, 0.15) is 5.82 Å². The van der Waals surface area contributed by atoms with Gasteiger partial charge in [0.2, 0.25) is 5.28 Å². The van der Waals surface area contributed by atoms with Crippen LogP contribution in [-0.2, 0) is 0 Å². The third-order valence-corrected chi connectivity index (χ3v) is 3.70. The van der Waals surface area contributed by atoms with E-state index in [1.54, 1.807) is 18.3 Å². The van der Waals surface area contributed by atoms with Crippen molar-refractivity contribution in [1.29, 1.82) is 0 Å². The van der Waals surface area contributed by atoms with Crippen LogP contribution in [0.1, 0.15) is 5.56 Å². The first-order valence-corrected chi connectivity index (χ1v) is 6.81. The second-order valence-corrected chi connectivity index (χ2v) is 5.55. The Balaban J connectivity index is 2.40. The van der Waals surface area contributed by atoms with Crippen molar-refractivity contribution in [1.82, 2.24) is 9.97 Å². The second kappa shape index (κ2) is 5.61. The van der Waals surface area contributed by atoms with Gasteiger partial charge in [-0.1, -0.05) is 23.2 Å². The minimum absolute atomic E-state index is 0.148. The number of benzene rings is 1. The van der Waals surface area contributed by atoms with E-state index >= 15 is 0 Å². The third kappa shape index (κ3) is 3.06. The number of hydrogen-bond donors (Lipinski definition) is 1. The number of hydrogen-bond acceptors (Lipinski definition) is 3. The van der Waals surface area contributed by atoms with Crippen LogP contribution >= 0.6 is 50.7 Å². The van der Waals surface area contributed by atoms with E-state index in [1.165, 1.54) is 0 Å². The van der Waals surface area contributed by atoms with Gasteiger partial charge in [-0.3, -0.25) is 0 Å². The molecule has 0 fully saturated rings. The predicted molar refractivity (Wildman–Crippen MR) is 79.2 cm³/mol.